The second-order valence-corrected chi connectivity index (χ2v) is 5.44. The number of ether oxygens (including phenoxy) is 1. The number of phenols is 1. The number of amides is 1. The lowest BCUT2D eigenvalue weighted by Gasteiger charge is -2.37. The zero-order chi connectivity index (χ0) is 15.2. The van der Waals surface area contributed by atoms with Crippen molar-refractivity contribution in [2.75, 3.05) is 32.8 Å². The lowest BCUT2D eigenvalue weighted by Crippen LogP contribution is -2.51. The summed E-state index contributed by atoms with van der Waals surface area (Å²) in [6, 6.07) is 7.78. The van der Waals surface area contributed by atoms with Gasteiger partial charge in [-0.15, -0.1) is 0 Å². The van der Waals surface area contributed by atoms with Gasteiger partial charge in [-0.2, -0.15) is 0 Å². The number of hydrogen-bond acceptors (Lipinski definition) is 4. The van der Waals surface area contributed by atoms with Crippen LogP contribution in [0.2, 0.25) is 0 Å². The number of carbonyl (C=O) groups excluding carboxylic acids is 1. The molecule has 0 bridgehead atoms. The van der Waals surface area contributed by atoms with Crippen molar-refractivity contribution in [1.29, 1.82) is 0 Å². The number of piperazine rings is 1. The van der Waals surface area contributed by atoms with Gasteiger partial charge in [0.05, 0.1) is 6.61 Å². The van der Waals surface area contributed by atoms with Gasteiger partial charge in [-0.05, 0) is 38.0 Å². The molecule has 0 spiro atoms. The van der Waals surface area contributed by atoms with Gasteiger partial charge in [0.25, 0.3) is 0 Å². The van der Waals surface area contributed by atoms with E-state index in [0.29, 0.717) is 18.4 Å². The molecule has 1 N–H and O–H groups in total. The van der Waals surface area contributed by atoms with E-state index in [2.05, 4.69) is 11.8 Å². The highest BCUT2D eigenvalue weighted by Gasteiger charge is 2.24. The second-order valence-electron chi connectivity index (χ2n) is 5.44. The summed E-state index contributed by atoms with van der Waals surface area (Å²) < 4.78 is 5.03. The Morgan fingerprint density at radius 1 is 1.24 bits per heavy atom. The van der Waals surface area contributed by atoms with Crippen molar-refractivity contribution >= 4 is 6.09 Å². The summed E-state index contributed by atoms with van der Waals surface area (Å²) in [5, 5.41) is 9.30. The Morgan fingerprint density at radius 3 is 2.43 bits per heavy atom. The minimum Gasteiger partial charge on any atom is -0.508 e. The zero-order valence-electron chi connectivity index (χ0n) is 12.8. The molecule has 1 aliphatic heterocycles. The Balaban J connectivity index is 1.81. The molecule has 1 fully saturated rings. The van der Waals surface area contributed by atoms with Crippen molar-refractivity contribution in [3.8, 4) is 5.75 Å². The molecule has 5 nitrogen and oxygen atoms in total. The largest absolute Gasteiger partial charge is 0.508 e. The van der Waals surface area contributed by atoms with E-state index < -0.39 is 0 Å². The summed E-state index contributed by atoms with van der Waals surface area (Å²) in [5.74, 6) is 0.300. The van der Waals surface area contributed by atoms with Crippen molar-refractivity contribution in [3.05, 3.63) is 29.8 Å². The van der Waals surface area contributed by atoms with Crippen LogP contribution in [-0.4, -0.2) is 59.8 Å². The van der Waals surface area contributed by atoms with Gasteiger partial charge in [-0.1, -0.05) is 12.1 Å². The normalized spacial score (nSPS) is 17.5. The molecule has 0 radical (unpaired) electrons. The molecule has 1 saturated heterocycles. The number of nitrogens with zero attached hydrogens (tertiary/aromatic N) is 2. The first-order chi connectivity index (χ1) is 10.1. The average molecular weight is 292 g/mol. The van der Waals surface area contributed by atoms with Crippen LogP contribution in [0.25, 0.3) is 0 Å². The molecule has 1 atom stereocenters. The van der Waals surface area contributed by atoms with Gasteiger partial charge in [-0.3, -0.25) is 4.90 Å². The van der Waals surface area contributed by atoms with Crippen molar-refractivity contribution in [1.82, 2.24) is 9.80 Å². The van der Waals surface area contributed by atoms with Crippen LogP contribution in [0.1, 0.15) is 19.4 Å². The minimum atomic E-state index is -0.205. The molecule has 1 aromatic carbocycles. The number of phenolic OH excluding ortho intramolecular Hbond substituents is 1. The van der Waals surface area contributed by atoms with Crippen LogP contribution >= 0.6 is 0 Å². The zero-order valence-corrected chi connectivity index (χ0v) is 12.8. The van der Waals surface area contributed by atoms with Gasteiger partial charge >= 0.3 is 6.09 Å². The van der Waals surface area contributed by atoms with E-state index in [1.54, 1.807) is 17.0 Å². The summed E-state index contributed by atoms with van der Waals surface area (Å²) in [4.78, 5) is 15.8. The number of hydrogen-bond donors (Lipinski definition) is 1. The standard InChI is InChI=1S/C16H24N2O3/c1-3-21-16(20)18-10-8-17(9-11-18)13(2)12-14-4-6-15(19)7-5-14/h4-7,13,19H,3,8-12H2,1-2H3. The molecule has 1 aliphatic rings. The monoisotopic (exact) mass is 292 g/mol. The molecular weight excluding hydrogens is 268 g/mol. The number of aromatic hydroxyl groups is 1. The quantitative estimate of drug-likeness (QED) is 0.923. The molecule has 1 amide bonds. The highest BCUT2D eigenvalue weighted by atomic mass is 16.6. The third kappa shape index (κ3) is 4.36. The van der Waals surface area contributed by atoms with Gasteiger partial charge in [0.1, 0.15) is 5.75 Å². The van der Waals surface area contributed by atoms with Crippen molar-refractivity contribution in [2.24, 2.45) is 0 Å². The van der Waals surface area contributed by atoms with Crippen molar-refractivity contribution < 1.29 is 14.6 Å². The van der Waals surface area contributed by atoms with E-state index in [-0.39, 0.29) is 6.09 Å². The van der Waals surface area contributed by atoms with Crippen LogP contribution in [0.4, 0.5) is 4.79 Å². The van der Waals surface area contributed by atoms with Gasteiger partial charge < -0.3 is 14.7 Å². The van der Waals surface area contributed by atoms with Gasteiger partial charge in [0.2, 0.25) is 0 Å². The maximum absolute atomic E-state index is 11.7. The van der Waals surface area contributed by atoms with E-state index in [1.807, 2.05) is 19.1 Å². The summed E-state index contributed by atoms with van der Waals surface area (Å²) in [6.45, 7) is 7.64. The molecule has 1 unspecified atom stereocenters. The number of benzene rings is 1. The van der Waals surface area contributed by atoms with Crippen LogP contribution < -0.4 is 0 Å². The molecule has 5 heteroatoms. The van der Waals surface area contributed by atoms with E-state index >= 15 is 0 Å². The summed E-state index contributed by atoms with van der Waals surface area (Å²) in [5.41, 5.74) is 1.22. The SMILES string of the molecule is CCOC(=O)N1CCN(C(C)Cc2ccc(O)cc2)CC1. The van der Waals surface area contributed by atoms with Crippen LogP contribution in [-0.2, 0) is 11.2 Å². The highest BCUT2D eigenvalue weighted by molar-refractivity contribution is 5.67. The Morgan fingerprint density at radius 2 is 1.86 bits per heavy atom. The van der Waals surface area contributed by atoms with E-state index in [0.717, 1.165) is 32.6 Å². The summed E-state index contributed by atoms with van der Waals surface area (Å²) in [7, 11) is 0. The highest BCUT2D eigenvalue weighted by Crippen LogP contribution is 2.15. The summed E-state index contributed by atoms with van der Waals surface area (Å²) >= 11 is 0. The van der Waals surface area contributed by atoms with E-state index in [4.69, 9.17) is 4.74 Å². The first kappa shape index (κ1) is 15.6. The van der Waals surface area contributed by atoms with E-state index in [1.165, 1.54) is 5.56 Å². The topological polar surface area (TPSA) is 53.0 Å². The molecule has 0 aromatic heterocycles. The Kier molecular flexibility index (Phi) is 5.44. The number of carbonyl (C=O) groups is 1. The van der Waals surface area contributed by atoms with Gasteiger partial charge in [0.15, 0.2) is 0 Å². The Labute approximate surface area is 126 Å². The average Bonchev–Trinajstić information content (AvgIpc) is 2.50. The van der Waals surface area contributed by atoms with Gasteiger partial charge in [0, 0.05) is 32.2 Å². The van der Waals surface area contributed by atoms with Crippen LogP contribution in [0.15, 0.2) is 24.3 Å². The molecule has 2 rings (SSSR count). The Bertz CT molecular complexity index is 453. The fourth-order valence-electron chi connectivity index (χ4n) is 2.66. The predicted octanol–water partition coefficient (Wildman–Crippen LogP) is 2.10. The van der Waals surface area contributed by atoms with Crippen molar-refractivity contribution in [3.63, 3.8) is 0 Å². The first-order valence-corrected chi connectivity index (χ1v) is 7.53. The third-order valence-corrected chi connectivity index (χ3v) is 3.93. The molecule has 0 aliphatic carbocycles. The lowest BCUT2D eigenvalue weighted by atomic mass is 10.1. The molecule has 1 heterocycles. The smallest absolute Gasteiger partial charge is 0.409 e. The van der Waals surface area contributed by atoms with Crippen LogP contribution in [0.5, 0.6) is 5.75 Å². The predicted molar refractivity (Wildman–Crippen MR) is 81.4 cm³/mol. The molecular formula is C16H24N2O3. The molecule has 21 heavy (non-hydrogen) atoms. The van der Waals surface area contributed by atoms with E-state index in [9.17, 15) is 9.90 Å². The minimum absolute atomic E-state index is 0.205. The fraction of sp³-hybridized carbons (Fsp3) is 0.562. The van der Waals surface area contributed by atoms with Crippen molar-refractivity contribution in [2.45, 2.75) is 26.3 Å². The first-order valence-electron chi connectivity index (χ1n) is 7.53. The number of rotatable bonds is 4. The van der Waals surface area contributed by atoms with Crippen LogP contribution in [0.3, 0.4) is 0 Å². The molecule has 0 saturated carbocycles. The maximum atomic E-state index is 11.7. The Hall–Kier alpha value is -1.75. The third-order valence-electron chi connectivity index (χ3n) is 3.93. The molecule has 1 aromatic rings. The second kappa shape index (κ2) is 7.31. The lowest BCUT2D eigenvalue weighted by molar-refractivity contribution is 0.0687. The maximum Gasteiger partial charge on any atom is 0.409 e. The summed E-state index contributed by atoms with van der Waals surface area (Å²) in [6.07, 6.45) is 0.739. The fourth-order valence-corrected chi connectivity index (χ4v) is 2.66. The van der Waals surface area contributed by atoms with Crippen LogP contribution in [0, 0.1) is 0 Å². The van der Waals surface area contributed by atoms with Gasteiger partial charge in [-0.25, -0.2) is 4.79 Å². The molecule has 116 valence electrons.